The predicted octanol–water partition coefficient (Wildman–Crippen LogP) is 3.71. The second kappa shape index (κ2) is 7.44. The van der Waals surface area contributed by atoms with Gasteiger partial charge in [-0.1, -0.05) is 48.0 Å². The highest BCUT2D eigenvalue weighted by molar-refractivity contribution is 5.74. The van der Waals surface area contributed by atoms with Gasteiger partial charge in [-0.2, -0.15) is 4.98 Å². The maximum atomic E-state index is 11.1. The molecule has 0 aliphatic rings. The van der Waals surface area contributed by atoms with Gasteiger partial charge < -0.3 is 4.74 Å². The minimum Gasteiger partial charge on any atom is -0.439 e. The molecule has 0 aliphatic carbocycles. The zero-order valence-electron chi connectivity index (χ0n) is 14.0. The number of amides is 1. The molecular weight excluding hydrogens is 316 g/mol. The van der Waals surface area contributed by atoms with Gasteiger partial charge in [-0.25, -0.2) is 4.98 Å². The molecule has 3 rings (SSSR count). The van der Waals surface area contributed by atoms with Crippen LogP contribution in [-0.2, 0) is 4.79 Å². The maximum Gasteiger partial charge on any atom is 0.235 e. The van der Waals surface area contributed by atoms with E-state index in [1.807, 2.05) is 61.5 Å². The summed E-state index contributed by atoms with van der Waals surface area (Å²) in [7, 11) is 0. The Morgan fingerprint density at radius 2 is 1.72 bits per heavy atom. The summed E-state index contributed by atoms with van der Waals surface area (Å²) >= 11 is 0. The topological polar surface area (TPSA) is 76.1 Å². The zero-order chi connectivity index (χ0) is 17.6. The number of ether oxygens (including phenoxy) is 1. The van der Waals surface area contributed by atoms with Gasteiger partial charge in [0.1, 0.15) is 5.75 Å². The Hall–Kier alpha value is -3.41. The van der Waals surface area contributed by atoms with Gasteiger partial charge in [0.15, 0.2) is 11.6 Å². The molecule has 0 atom stereocenters. The lowest BCUT2D eigenvalue weighted by molar-refractivity contribution is -0.118. The molecule has 6 heteroatoms. The zero-order valence-corrected chi connectivity index (χ0v) is 14.0. The second-order valence-corrected chi connectivity index (χ2v) is 5.50. The van der Waals surface area contributed by atoms with Gasteiger partial charge in [-0.3, -0.25) is 15.6 Å². The van der Waals surface area contributed by atoms with Crippen molar-refractivity contribution in [3.8, 4) is 23.0 Å². The van der Waals surface area contributed by atoms with Crippen LogP contribution in [0.15, 0.2) is 60.7 Å². The number of nitrogens with zero attached hydrogens (tertiary/aromatic N) is 2. The molecule has 0 bridgehead atoms. The number of anilines is 1. The molecule has 25 heavy (non-hydrogen) atoms. The monoisotopic (exact) mass is 334 g/mol. The molecule has 2 N–H and O–H groups in total. The summed E-state index contributed by atoms with van der Waals surface area (Å²) in [5.41, 5.74) is 7.26. The van der Waals surface area contributed by atoms with Crippen LogP contribution < -0.4 is 15.6 Å². The first kappa shape index (κ1) is 16.4. The Morgan fingerprint density at radius 1 is 1.00 bits per heavy atom. The van der Waals surface area contributed by atoms with Crippen LogP contribution in [0.4, 0.5) is 5.82 Å². The third-order valence-electron chi connectivity index (χ3n) is 3.34. The average molecular weight is 334 g/mol. The fourth-order valence-corrected chi connectivity index (χ4v) is 2.14. The third kappa shape index (κ3) is 4.54. The molecule has 0 unspecified atom stereocenters. The van der Waals surface area contributed by atoms with Crippen LogP contribution in [0, 0.1) is 6.92 Å². The number of nitrogens with one attached hydrogen (secondary N) is 2. The number of benzene rings is 2. The van der Waals surface area contributed by atoms with Gasteiger partial charge >= 0.3 is 0 Å². The van der Waals surface area contributed by atoms with E-state index in [-0.39, 0.29) is 5.91 Å². The number of carbonyl (C=O) groups is 1. The van der Waals surface area contributed by atoms with Gasteiger partial charge in [0, 0.05) is 18.6 Å². The smallest absolute Gasteiger partial charge is 0.235 e. The van der Waals surface area contributed by atoms with Crippen molar-refractivity contribution in [2.45, 2.75) is 13.8 Å². The van der Waals surface area contributed by atoms with Crippen LogP contribution in [0.3, 0.4) is 0 Å². The first-order valence-electron chi connectivity index (χ1n) is 7.82. The molecule has 0 radical (unpaired) electrons. The molecule has 3 aromatic rings. The molecule has 1 aromatic heterocycles. The Labute approximate surface area is 145 Å². The fraction of sp³-hybridized carbons (Fsp3) is 0.105. The van der Waals surface area contributed by atoms with E-state index in [2.05, 4.69) is 20.8 Å². The lowest BCUT2D eigenvalue weighted by atomic mass is 10.2. The molecular formula is C19H18N4O2. The molecule has 0 aliphatic heterocycles. The molecule has 1 amide bonds. The molecule has 6 nitrogen and oxygen atoms in total. The van der Waals surface area contributed by atoms with Crippen molar-refractivity contribution in [1.29, 1.82) is 0 Å². The Morgan fingerprint density at radius 3 is 2.40 bits per heavy atom. The molecule has 0 saturated heterocycles. The van der Waals surface area contributed by atoms with Crippen molar-refractivity contribution >= 4 is 11.7 Å². The van der Waals surface area contributed by atoms with Crippen molar-refractivity contribution < 1.29 is 9.53 Å². The summed E-state index contributed by atoms with van der Waals surface area (Å²) in [6.07, 6.45) is 0. The summed E-state index contributed by atoms with van der Waals surface area (Å²) < 4.78 is 5.84. The molecule has 0 fully saturated rings. The van der Waals surface area contributed by atoms with Gasteiger partial charge in [-0.05, 0) is 19.1 Å². The highest BCUT2D eigenvalue weighted by Crippen LogP contribution is 2.25. The Balaban J connectivity index is 1.93. The lowest BCUT2D eigenvalue weighted by Crippen LogP contribution is -2.27. The van der Waals surface area contributed by atoms with Crippen LogP contribution in [-0.4, -0.2) is 15.9 Å². The van der Waals surface area contributed by atoms with Crippen molar-refractivity contribution in [3.63, 3.8) is 0 Å². The first-order chi connectivity index (χ1) is 12.1. The molecule has 2 aromatic carbocycles. The minimum atomic E-state index is -0.221. The Kier molecular flexibility index (Phi) is 4.89. The van der Waals surface area contributed by atoms with E-state index in [0.717, 1.165) is 11.1 Å². The second-order valence-electron chi connectivity index (χ2n) is 5.50. The predicted molar refractivity (Wildman–Crippen MR) is 96.2 cm³/mol. The number of hydrazine groups is 1. The van der Waals surface area contributed by atoms with Crippen LogP contribution in [0.1, 0.15) is 12.5 Å². The quantitative estimate of drug-likeness (QED) is 0.696. The van der Waals surface area contributed by atoms with Crippen LogP contribution in [0.25, 0.3) is 11.4 Å². The van der Waals surface area contributed by atoms with Crippen LogP contribution in [0.2, 0.25) is 0 Å². The van der Waals surface area contributed by atoms with Gasteiger partial charge in [0.2, 0.25) is 11.8 Å². The van der Waals surface area contributed by atoms with Crippen LogP contribution in [0.5, 0.6) is 11.6 Å². The SMILES string of the molecule is CC(=O)NNc1cc(Oc2ccc(C)cc2)nc(-c2ccccc2)n1. The van der Waals surface area contributed by atoms with E-state index < -0.39 is 0 Å². The number of hydrogen-bond donors (Lipinski definition) is 2. The fourth-order valence-electron chi connectivity index (χ4n) is 2.14. The lowest BCUT2D eigenvalue weighted by Gasteiger charge is -2.11. The largest absolute Gasteiger partial charge is 0.439 e. The number of rotatable bonds is 5. The van der Waals surface area contributed by atoms with Crippen molar-refractivity contribution in [3.05, 3.63) is 66.2 Å². The normalized spacial score (nSPS) is 10.2. The number of aryl methyl sites for hydroxylation is 1. The number of carbonyl (C=O) groups excluding carboxylic acids is 1. The summed E-state index contributed by atoms with van der Waals surface area (Å²) in [5, 5.41) is 0. The Bertz CT molecular complexity index is 864. The summed E-state index contributed by atoms with van der Waals surface area (Å²) in [5.74, 6) is 1.77. The summed E-state index contributed by atoms with van der Waals surface area (Å²) in [4.78, 5) is 20.0. The average Bonchev–Trinajstić information content (AvgIpc) is 2.62. The van der Waals surface area contributed by atoms with E-state index in [0.29, 0.717) is 23.3 Å². The van der Waals surface area contributed by atoms with E-state index in [4.69, 9.17) is 4.74 Å². The maximum absolute atomic E-state index is 11.1. The molecule has 126 valence electrons. The highest BCUT2D eigenvalue weighted by Gasteiger charge is 2.09. The number of aromatic nitrogens is 2. The minimum absolute atomic E-state index is 0.221. The number of hydrogen-bond acceptors (Lipinski definition) is 5. The van der Waals surface area contributed by atoms with Crippen molar-refractivity contribution in [2.75, 3.05) is 5.43 Å². The summed E-state index contributed by atoms with van der Waals surface area (Å²) in [6.45, 7) is 3.42. The van der Waals surface area contributed by atoms with E-state index >= 15 is 0 Å². The van der Waals surface area contributed by atoms with E-state index in [1.54, 1.807) is 6.07 Å². The summed E-state index contributed by atoms with van der Waals surface area (Å²) in [6, 6.07) is 18.9. The molecule has 0 saturated carbocycles. The van der Waals surface area contributed by atoms with Crippen LogP contribution >= 0.6 is 0 Å². The van der Waals surface area contributed by atoms with Gasteiger partial charge in [0.25, 0.3) is 0 Å². The van der Waals surface area contributed by atoms with Gasteiger partial charge in [0.05, 0.1) is 0 Å². The standard InChI is InChI=1S/C19H18N4O2/c1-13-8-10-16(11-9-13)25-18-12-17(23-22-14(2)24)20-19(21-18)15-6-4-3-5-7-15/h3-12H,1-2H3,(H,22,24)(H,20,21,23). The van der Waals surface area contributed by atoms with E-state index in [1.165, 1.54) is 6.92 Å². The van der Waals surface area contributed by atoms with E-state index in [9.17, 15) is 4.79 Å². The third-order valence-corrected chi connectivity index (χ3v) is 3.34. The van der Waals surface area contributed by atoms with Gasteiger partial charge in [-0.15, -0.1) is 0 Å². The van der Waals surface area contributed by atoms with Crippen molar-refractivity contribution in [2.24, 2.45) is 0 Å². The first-order valence-corrected chi connectivity index (χ1v) is 7.82. The molecule has 1 heterocycles. The highest BCUT2D eigenvalue weighted by atomic mass is 16.5. The van der Waals surface area contributed by atoms with Crippen molar-refractivity contribution in [1.82, 2.24) is 15.4 Å². The molecule has 0 spiro atoms.